The first kappa shape index (κ1) is 24.8. The third-order valence-corrected chi connectivity index (χ3v) is 3.82. The molecule has 120 valence electrons. The van der Waals surface area contributed by atoms with Crippen molar-refractivity contribution in [2.75, 3.05) is 67.6 Å². The van der Waals surface area contributed by atoms with Gasteiger partial charge >= 0.3 is 0 Å². The molecule has 0 aliphatic rings. The molecule has 0 amide bonds. The first-order valence-electron chi connectivity index (χ1n) is 7.05. The van der Waals surface area contributed by atoms with Crippen molar-refractivity contribution in [2.24, 2.45) is 0 Å². The minimum Gasteiger partial charge on any atom is -1.00 e. The van der Waals surface area contributed by atoms with Crippen LogP contribution in [0.2, 0.25) is 0 Å². The lowest BCUT2D eigenvalue weighted by Crippen LogP contribution is -3.00. The summed E-state index contributed by atoms with van der Waals surface area (Å²) < 4.78 is 7.89. The zero-order valence-corrected chi connectivity index (χ0v) is 16.9. The molecule has 0 atom stereocenters. The predicted octanol–water partition coefficient (Wildman–Crippen LogP) is -4.02. The molecule has 0 heterocycles. The molecule has 0 aromatic rings. The van der Waals surface area contributed by atoms with Gasteiger partial charge in [0.15, 0.2) is 0 Å². The molecule has 0 bridgehead atoms. The van der Waals surface area contributed by atoms with Gasteiger partial charge in [0.1, 0.15) is 0 Å². The van der Waals surface area contributed by atoms with E-state index < -0.39 is 0 Å². The lowest BCUT2D eigenvalue weighted by Gasteiger charge is -2.28. The van der Waals surface area contributed by atoms with Crippen molar-refractivity contribution in [1.29, 1.82) is 0 Å². The molecule has 0 spiro atoms. The fourth-order valence-electron chi connectivity index (χ4n) is 1.61. The summed E-state index contributed by atoms with van der Waals surface area (Å²) in [6.45, 7) is 11.1. The number of nitrogens with zero attached hydrogens (tertiary/aromatic N) is 2. The van der Waals surface area contributed by atoms with Crippen LogP contribution < -0.4 is 34.0 Å². The quantitative estimate of drug-likeness (QED) is 0.266. The van der Waals surface area contributed by atoms with E-state index in [1.165, 1.54) is 39.0 Å². The van der Waals surface area contributed by atoms with E-state index in [1.54, 1.807) is 0 Å². The summed E-state index contributed by atoms with van der Waals surface area (Å²) >= 11 is 0. The maximum atomic E-state index is 5.69. The van der Waals surface area contributed by atoms with Crippen molar-refractivity contribution < 1.29 is 47.7 Å². The van der Waals surface area contributed by atoms with E-state index in [9.17, 15) is 0 Å². The summed E-state index contributed by atoms with van der Waals surface area (Å²) in [4.78, 5) is 0. The summed E-state index contributed by atoms with van der Waals surface area (Å²) in [5, 5.41) is 0. The monoisotopic (exact) mass is 404 g/mol. The predicted molar refractivity (Wildman–Crippen MR) is 75.1 cm³/mol. The molecule has 0 aromatic heterocycles. The van der Waals surface area contributed by atoms with Crippen LogP contribution in [-0.2, 0) is 4.74 Å². The molecule has 0 radical (unpaired) electrons. The van der Waals surface area contributed by atoms with Crippen LogP contribution in [-0.4, -0.2) is 76.5 Å². The Balaban J connectivity index is -0.00000128. The van der Waals surface area contributed by atoms with Gasteiger partial charge in [0.25, 0.3) is 0 Å². The van der Waals surface area contributed by atoms with Gasteiger partial charge in [0.2, 0.25) is 0 Å². The van der Waals surface area contributed by atoms with Gasteiger partial charge in [0, 0.05) is 12.8 Å². The molecule has 0 saturated heterocycles. The first-order valence-corrected chi connectivity index (χ1v) is 7.05. The molecule has 0 fully saturated rings. The minimum atomic E-state index is 0. The zero-order chi connectivity index (χ0) is 13.4. The summed E-state index contributed by atoms with van der Waals surface area (Å²) in [5.41, 5.74) is 0. The molecule has 0 aliphatic carbocycles. The average molecular weight is 406 g/mol. The third-order valence-electron chi connectivity index (χ3n) is 3.82. The average Bonchev–Trinajstić information content (AvgIpc) is 2.27. The fraction of sp³-hybridized carbons (Fsp3) is 1.00. The number of hydrogen-bond donors (Lipinski definition) is 0. The van der Waals surface area contributed by atoms with E-state index in [1.807, 2.05) is 0 Å². The van der Waals surface area contributed by atoms with Gasteiger partial charge in [-0.05, 0) is 13.8 Å². The second-order valence-corrected chi connectivity index (χ2v) is 6.27. The number of hydrogen-bond acceptors (Lipinski definition) is 1. The molecule has 0 saturated carbocycles. The minimum absolute atomic E-state index is 0. The van der Waals surface area contributed by atoms with E-state index in [4.69, 9.17) is 4.74 Å². The molecule has 0 unspecified atom stereocenters. The molecule has 5 heteroatoms. The molecule has 0 aromatic carbocycles. The Kier molecular flexibility index (Phi) is 16.4. The van der Waals surface area contributed by atoms with Crippen molar-refractivity contribution >= 4 is 0 Å². The number of quaternary nitrogens is 2. The Bertz CT molecular complexity index is 180. The Hall–Kier alpha value is 0.840. The SMILES string of the molecule is CC[N+](C)(C)CCCOCCC[N+](C)(C)CC.[Br-].[Br-]. The Morgan fingerprint density at radius 2 is 1.00 bits per heavy atom. The van der Waals surface area contributed by atoms with Crippen molar-refractivity contribution in [3.63, 3.8) is 0 Å². The standard InChI is InChI=1S/C14H34N2O.2BrH/c1-7-15(3,4)11-9-13-17-14-10-12-16(5,6)8-2;;/h7-14H2,1-6H3;2*1H/q+2;;/p-2. The van der Waals surface area contributed by atoms with Crippen LogP contribution in [0.15, 0.2) is 0 Å². The normalized spacial score (nSPS) is 11.7. The maximum Gasteiger partial charge on any atom is 0.0804 e. The smallest absolute Gasteiger partial charge is 0.0804 e. The highest BCUT2D eigenvalue weighted by Gasteiger charge is 2.11. The molecular formula is C14H34Br2N2O. The fourth-order valence-corrected chi connectivity index (χ4v) is 1.61. The number of rotatable bonds is 10. The van der Waals surface area contributed by atoms with Crippen LogP contribution in [0.1, 0.15) is 26.7 Å². The number of ether oxygens (including phenoxy) is 1. The van der Waals surface area contributed by atoms with Crippen molar-refractivity contribution in [3.8, 4) is 0 Å². The maximum absolute atomic E-state index is 5.69. The highest BCUT2D eigenvalue weighted by Crippen LogP contribution is 2.00. The van der Waals surface area contributed by atoms with Crippen LogP contribution in [0.5, 0.6) is 0 Å². The van der Waals surface area contributed by atoms with Crippen LogP contribution in [0, 0.1) is 0 Å². The van der Waals surface area contributed by atoms with Crippen LogP contribution in [0.4, 0.5) is 0 Å². The highest BCUT2D eigenvalue weighted by atomic mass is 79.9. The van der Waals surface area contributed by atoms with Crippen molar-refractivity contribution in [2.45, 2.75) is 26.7 Å². The van der Waals surface area contributed by atoms with E-state index in [0.29, 0.717) is 0 Å². The van der Waals surface area contributed by atoms with Gasteiger partial charge in [-0.25, -0.2) is 0 Å². The van der Waals surface area contributed by atoms with Gasteiger partial charge in [0.05, 0.1) is 67.6 Å². The van der Waals surface area contributed by atoms with E-state index in [2.05, 4.69) is 42.0 Å². The topological polar surface area (TPSA) is 9.23 Å². The van der Waals surface area contributed by atoms with Crippen LogP contribution in [0.25, 0.3) is 0 Å². The van der Waals surface area contributed by atoms with Crippen molar-refractivity contribution in [1.82, 2.24) is 0 Å². The summed E-state index contributed by atoms with van der Waals surface area (Å²) in [5.74, 6) is 0. The second kappa shape index (κ2) is 12.6. The molecule has 0 rings (SSSR count). The molecule has 3 nitrogen and oxygen atoms in total. The Morgan fingerprint density at radius 3 is 1.26 bits per heavy atom. The third kappa shape index (κ3) is 15.1. The zero-order valence-electron chi connectivity index (χ0n) is 13.7. The van der Waals surface area contributed by atoms with Crippen LogP contribution in [0.3, 0.4) is 0 Å². The lowest BCUT2D eigenvalue weighted by atomic mass is 10.3. The van der Waals surface area contributed by atoms with Crippen LogP contribution >= 0.6 is 0 Å². The lowest BCUT2D eigenvalue weighted by molar-refractivity contribution is -0.889. The number of halogens is 2. The molecule has 0 aliphatic heterocycles. The second-order valence-electron chi connectivity index (χ2n) is 6.27. The van der Waals surface area contributed by atoms with E-state index in [0.717, 1.165) is 22.2 Å². The van der Waals surface area contributed by atoms with E-state index >= 15 is 0 Å². The summed E-state index contributed by atoms with van der Waals surface area (Å²) in [6.07, 6.45) is 2.35. The summed E-state index contributed by atoms with van der Waals surface area (Å²) in [7, 11) is 9.12. The molecule has 19 heavy (non-hydrogen) atoms. The highest BCUT2D eigenvalue weighted by molar-refractivity contribution is 4.39. The molecular weight excluding hydrogens is 372 g/mol. The van der Waals surface area contributed by atoms with Gasteiger partial charge in [-0.1, -0.05) is 0 Å². The van der Waals surface area contributed by atoms with Gasteiger partial charge in [-0.15, -0.1) is 0 Å². The van der Waals surface area contributed by atoms with Gasteiger partial charge in [-0.2, -0.15) is 0 Å². The Labute approximate surface area is 142 Å². The Morgan fingerprint density at radius 1 is 0.684 bits per heavy atom. The van der Waals surface area contributed by atoms with Gasteiger partial charge < -0.3 is 47.7 Å². The largest absolute Gasteiger partial charge is 1.00 e. The van der Waals surface area contributed by atoms with E-state index in [-0.39, 0.29) is 34.0 Å². The van der Waals surface area contributed by atoms with Crippen molar-refractivity contribution in [3.05, 3.63) is 0 Å². The molecule has 0 N–H and O–H groups in total. The van der Waals surface area contributed by atoms with Gasteiger partial charge in [-0.3, -0.25) is 0 Å². The summed E-state index contributed by atoms with van der Waals surface area (Å²) in [6, 6.07) is 0. The first-order chi connectivity index (χ1) is 7.83.